The number of hydrogen-bond donors (Lipinski definition) is 1. The largest absolute Gasteiger partial charge is 0.391 e. The maximum atomic E-state index is 12.2. The van der Waals surface area contributed by atoms with Crippen molar-refractivity contribution >= 4 is 11.8 Å². The van der Waals surface area contributed by atoms with Crippen LogP contribution in [-0.2, 0) is 0 Å². The number of aliphatic hydroxyl groups excluding tert-OH is 1. The number of hydrogen-bond acceptors (Lipinski definition) is 3. The fourth-order valence-electron chi connectivity index (χ4n) is 2.40. The van der Waals surface area contributed by atoms with Gasteiger partial charge in [0.25, 0.3) is 11.8 Å². The van der Waals surface area contributed by atoms with E-state index in [1.54, 1.807) is 12.1 Å². The van der Waals surface area contributed by atoms with Crippen LogP contribution in [0, 0.1) is 12.8 Å². The molecule has 0 aromatic heterocycles. The number of carbonyl (C=O) groups is 2. The molecule has 1 aliphatic heterocycles. The first kappa shape index (κ1) is 13.7. The number of nitrogens with zero attached hydrogens (tertiary/aromatic N) is 1. The molecule has 19 heavy (non-hydrogen) atoms. The van der Waals surface area contributed by atoms with E-state index in [-0.39, 0.29) is 18.4 Å². The van der Waals surface area contributed by atoms with Gasteiger partial charge in [0.05, 0.1) is 23.8 Å². The quantitative estimate of drug-likeness (QED) is 0.843. The molecule has 2 rings (SSSR count). The summed E-state index contributed by atoms with van der Waals surface area (Å²) in [5.74, 6) is -0.276. The maximum absolute atomic E-state index is 12.2. The topological polar surface area (TPSA) is 57.6 Å². The summed E-state index contributed by atoms with van der Waals surface area (Å²) in [4.78, 5) is 25.5. The van der Waals surface area contributed by atoms with E-state index in [1.807, 2.05) is 26.8 Å². The number of imide groups is 1. The lowest BCUT2D eigenvalue weighted by Crippen LogP contribution is -2.37. The van der Waals surface area contributed by atoms with Crippen molar-refractivity contribution in [2.75, 3.05) is 6.54 Å². The Labute approximate surface area is 113 Å². The molecule has 4 heteroatoms. The second-order valence-electron chi connectivity index (χ2n) is 5.55. The lowest BCUT2D eigenvalue weighted by atomic mass is 10.1. The molecule has 0 fully saturated rings. The molecule has 2 amide bonds. The van der Waals surface area contributed by atoms with E-state index in [0.29, 0.717) is 23.5 Å². The maximum Gasteiger partial charge on any atom is 0.261 e. The molecule has 0 radical (unpaired) electrons. The number of rotatable bonds is 4. The summed E-state index contributed by atoms with van der Waals surface area (Å²) in [6.07, 6.45) is -0.0878. The van der Waals surface area contributed by atoms with Crippen molar-refractivity contribution in [1.29, 1.82) is 0 Å². The molecule has 0 bridgehead atoms. The molecule has 4 nitrogen and oxygen atoms in total. The monoisotopic (exact) mass is 261 g/mol. The summed E-state index contributed by atoms with van der Waals surface area (Å²) in [6, 6.07) is 5.22. The van der Waals surface area contributed by atoms with Crippen LogP contribution >= 0.6 is 0 Å². The Balaban J connectivity index is 2.18. The molecule has 1 aliphatic rings. The van der Waals surface area contributed by atoms with Gasteiger partial charge in [0.1, 0.15) is 0 Å². The van der Waals surface area contributed by atoms with E-state index < -0.39 is 6.10 Å². The van der Waals surface area contributed by atoms with E-state index in [9.17, 15) is 14.7 Å². The van der Waals surface area contributed by atoms with Crippen molar-refractivity contribution in [3.63, 3.8) is 0 Å². The highest BCUT2D eigenvalue weighted by molar-refractivity contribution is 6.21. The lowest BCUT2D eigenvalue weighted by Gasteiger charge is -2.19. The zero-order chi connectivity index (χ0) is 14.2. The van der Waals surface area contributed by atoms with Crippen LogP contribution in [0.3, 0.4) is 0 Å². The van der Waals surface area contributed by atoms with Gasteiger partial charge in [-0.05, 0) is 31.4 Å². The van der Waals surface area contributed by atoms with Crippen molar-refractivity contribution in [3.05, 3.63) is 34.9 Å². The summed E-state index contributed by atoms with van der Waals surface area (Å²) >= 11 is 0. The molecule has 1 aromatic carbocycles. The van der Waals surface area contributed by atoms with E-state index in [2.05, 4.69) is 0 Å². The highest BCUT2D eigenvalue weighted by Crippen LogP contribution is 2.24. The minimum atomic E-state index is -0.664. The van der Waals surface area contributed by atoms with Crippen LogP contribution in [0.5, 0.6) is 0 Å². The SMILES string of the molecule is Cc1ccc2c(c1)C(=O)N(CC(O)CC(C)C)C2=O. The van der Waals surface area contributed by atoms with Gasteiger partial charge in [0.2, 0.25) is 0 Å². The number of benzene rings is 1. The predicted octanol–water partition coefficient (Wildman–Crippen LogP) is 2.00. The fourth-order valence-corrected chi connectivity index (χ4v) is 2.40. The third-order valence-electron chi connectivity index (χ3n) is 3.26. The van der Waals surface area contributed by atoms with Gasteiger partial charge in [-0.15, -0.1) is 0 Å². The van der Waals surface area contributed by atoms with Crippen molar-refractivity contribution in [3.8, 4) is 0 Å². The summed E-state index contributed by atoms with van der Waals surface area (Å²) in [7, 11) is 0. The normalized spacial score (nSPS) is 16.2. The van der Waals surface area contributed by atoms with Gasteiger partial charge < -0.3 is 5.11 Å². The number of aliphatic hydroxyl groups is 1. The summed E-state index contributed by atoms with van der Waals surface area (Å²) in [6.45, 7) is 5.95. The molecular weight excluding hydrogens is 242 g/mol. The van der Waals surface area contributed by atoms with Crippen molar-refractivity contribution in [2.24, 2.45) is 5.92 Å². The molecular formula is C15H19NO3. The Morgan fingerprint density at radius 1 is 1.16 bits per heavy atom. The number of fused-ring (bicyclic) bond motifs is 1. The van der Waals surface area contributed by atoms with Crippen LogP contribution in [0.2, 0.25) is 0 Å². The number of β-amino-alcohol motifs (C(OH)–C–C–N with tert-alkyl or cyclic N) is 1. The molecule has 102 valence electrons. The molecule has 1 heterocycles. The number of amides is 2. The van der Waals surface area contributed by atoms with Gasteiger partial charge in [-0.3, -0.25) is 14.5 Å². The highest BCUT2D eigenvalue weighted by atomic mass is 16.3. The molecule has 1 atom stereocenters. The van der Waals surface area contributed by atoms with Gasteiger partial charge in [0, 0.05) is 0 Å². The second-order valence-corrected chi connectivity index (χ2v) is 5.55. The van der Waals surface area contributed by atoms with Crippen LogP contribution in [0.4, 0.5) is 0 Å². The van der Waals surface area contributed by atoms with E-state index in [4.69, 9.17) is 0 Å². The Bertz CT molecular complexity index is 522. The van der Waals surface area contributed by atoms with Gasteiger partial charge in [0.15, 0.2) is 0 Å². The Morgan fingerprint density at radius 3 is 2.42 bits per heavy atom. The Kier molecular flexibility index (Phi) is 3.71. The number of carbonyl (C=O) groups excluding carboxylic acids is 2. The predicted molar refractivity (Wildman–Crippen MR) is 72.0 cm³/mol. The highest BCUT2D eigenvalue weighted by Gasteiger charge is 2.36. The Morgan fingerprint density at radius 2 is 1.79 bits per heavy atom. The van der Waals surface area contributed by atoms with Gasteiger partial charge in [-0.2, -0.15) is 0 Å². The van der Waals surface area contributed by atoms with Crippen LogP contribution in [0.25, 0.3) is 0 Å². The van der Waals surface area contributed by atoms with Crippen molar-refractivity contribution in [2.45, 2.75) is 33.3 Å². The van der Waals surface area contributed by atoms with Crippen LogP contribution in [0.1, 0.15) is 46.5 Å². The molecule has 1 N–H and O–H groups in total. The third kappa shape index (κ3) is 2.68. The lowest BCUT2D eigenvalue weighted by molar-refractivity contribution is 0.0515. The Hall–Kier alpha value is -1.68. The summed E-state index contributed by atoms with van der Waals surface area (Å²) in [5.41, 5.74) is 1.83. The first-order valence-electron chi connectivity index (χ1n) is 6.55. The molecule has 0 saturated heterocycles. The minimum absolute atomic E-state index is 0.0730. The van der Waals surface area contributed by atoms with Gasteiger partial charge in [-0.1, -0.05) is 25.5 Å². The van der Waals surface area contributed by atoms with E-state index in [0.717, 1.165) is 10.5 Å². The standard InChI is InChI=1S/C15H19NO3/c1-9(2)6-11(17)8-16-14(18)12-5-4-10(3)7-13(12)15(16)19/h4-5,7,9,11,17H,6,8H2,1-3H3. The zero-order valence-electron chi connectivity index (χ0n) is 11.5. The molecule has 1 aromatic rings. The minimum Gasteiger partial charge on any atom is -0.391 e. The first-order valence-corrected chi connectivity index (χ1v) is 6.55. The van der Waals surface area contributed by atoms with Gasteiger partial charge in [-0.25, -0.2) is 0 Å². The summed E-state index contributed by atoms with van der Waals surface area (Å²) < 4.78 is 0. The summed E-state index contributed by atoms with van der Waals surface area (Å²) in [5, 5.41) is 9.90. The zero-order valence-corrected chi connectivity index (χ0v) is 11.5. The number of aryl methyl sites for hydroxylation is 1. The average Bonchev–Trinajstić information content (AvgIpc) is 2.53. The van der Waals surface area contributed by atoms with E-state index in [1.165, 1.54) is 0 Å². The van der Waals surface area contributed by atoms with Crippen molar-refractivity contribution < 1.29 is 14.7 Å². The molecule has 0 aliphatic carbocycles. The van der Waals surface area contributed by atoms with Crippen LogP contribution in [-0.4, -0.2) is 34.5 Å². The molecule has 0 spiro atoms. The van der Waals surface area contributed by atoms with E-state index >= 15 is 0 Å². The van der Waals surface area contributed by atoms with Crippen LogP contribution in [0.15, 0.2) is 18.2 Å². The van der Waals surface area contributed by atoms with Gasteiger partial charge >= 0.3 is 0 Å². The van der Waals surface area contributed by atoms with Crippen LogP contribution < -0.4 is 0 Å². The third-order valence-corrected chi connectivity index (χ3v) is 3.26. The molecule has 1 unspecified atom stereocenters. The second kappa shape index (κ2) is 5.13. The molecule has 0 saturated carbocycles. The smallest absolute Gasteiger partial charge is 0.261 e. The average molecular weight is 261 g/mol. The fraction of sp³-hybridized carbons (Fsp3) is 0.467. The van der Waals surface area contributed by atoms with Crippen molar-refractivity contribution in [1.82, 2.24) is 4.90 Å². The first-order chi connectivity index (χ1) is 8.90.